The van der Waals surface area contributed by atoms with Crippen LogP contribution in [0.4, 0.5) is 10.5 Å². The van der Waals surface area contributed by atoms with E-state index in [4.69, 9.17) is 14.2 Å². The molecule has 43 heavy (non-hydrogen) atoms. The number of likely N-dealkylation sites (tertiary alicyclic amines) is 1. The number of amides is 2. The van der Waals surface area contributed by atoms with Crippen LogP contribution >= 0.6 is 12.4 Å². The van der Waals surface area contributed by atoms with Crippen molar-refractivity contribution in [1.29, 1.82) is 0 Å². The number of halogens is 1. The van der Waals surface area contributed by atoms with Gasteiger partial charge in [0.1, 0.15) is 5.75 Å². The molecule has 2 amide bonds. The number of piperidine rings is 1. The Kier molecular flexibility index (Phi) is 12.0. The average Bonchev–Trinajstić information content (AvgIpc) is 3.00. The summed E-state index contributed by atoms with van der Waals surface area (Å²) in [6.07, 6.45) is 2.12. The number of nitrogens with one attached hydrogen (secondary N) is 3. The fourth-order valence-electron chi connectivity index (χ4n) is 5.77. The Morgan fingerprint density at radius 1 is 0.884 bits per heavy atom. The van der Waals surface area contributed by atoms with Gasteiger partial charge in [0.15, 0.2) is 0 Å². The lowest BCUT2D eigenvalue weighted by Gasteiger charge is -2.32. The summed E-state index contributed by atoms with van der Waals surface area (Å²) in [4.78, 5) is 40.6. The van der Waals surface area contributed by atoms with E-state index in [2.05, 4.69) is 33.0 Å². The Labute approximate surface area is 259 Å². The van der Waals surface area contributed by atoms with Crippen LogP contribution in [0.15, 0.2) is 71.1 Å². The number of anilines is 1. The van der Waals surface area contributed by atoms with Crippen molar-refractivity contribution in [3.63, 3.8) is 0 Å². The maximum Gasteiger partial charge on any atom is 0.336 e. The highest BCUT2D eigenvalue weighted by atomic mass is 35.5. The molecule has 0 aromatic heterocycles. The molecule has 4 rings (SSSR count). The SMILES string of the molecule is COC(=O)C1=C(C)NC(C)=C(C(=O)OC)C1c1cccc(NC(=O)NCCN2CCC(c3cccc(OC)c3)CC2)c1.Cl. The van der Waals surface area contributed by atoms with Crippen LogP contribution in [0.2, 0.25) is 0 Å². The summed E-state index contributed by atoms with van der Waals surface area (Å²) in [6, 6.07) is 15.1. The molecule has 11 heteroatoms. The number of benzene rings is 2. The molecule has 2 aliphatic rings. The molecule has 0 radical (unpaired) electrons. The molecule has 2 aromatic carbocycles. The monoisotopic (exact) mass is 612 g/mol. The van der Waals surface area contributed by atoms with Gasteiger partial charge in [-0.05, 0) is 81.1 Å². The molecule has 2 aromatic rings. The third-order valence-corrected chi connectivity index (χ3v) is 7.92. The molecule has 0 spiro atoms. The topological polar surface area (TPSA) is 118 Å². The maximum atomic E-state index is 12.8. The summed E-state index contributed by atoms with van der Waals surface area (Å²) < 4.78 is 15.4. The molecule has 2 heterocycles. The van der Waals surface area contributed by atoms with E-state index in [9.17, 15) is 14.4 Å². The van der Waals surface area contributed by atoms with Crippen molar-refractivity contribution in [2.24, 2.45) is 0 Å². The lowest BCUT2D eigenvalue weighted by atomic mass is 9.80. The highest BCUT2D eigenvalue weighted by molar-refractivity contribution is 6.00. The standard InChI is InChI=1S/C32H40N4O6.ClH/c1-20-27(30(37)41-4)29(28(21(2)34-20)31(38)42-5)24-9-6-10-25(18-24)35-32(39)33-14-17-36-15-12-22(13-16-36)23-8-7-11-26(19-23)40-3;/h6-11,18-19,22,29,34H,12-17H2,1-5H3,(H2,33,35,39);1H. The van der Waals surface area contributed by atoms with Crippen molar-refractivity contribution in [3.8, 4) is 5.75 Å². The van der Waals surface area contributed by atoms with E-state index in [-0.39, 0.29) is 18.4 Å². The van der Waals surface area contributed by atoms with Crippen LogP contribution in [0.1, 0.15) is 49.7 Å². The molecular weight excluding hydrogens is 572 g/mol. The zero-order valence-corrected chi connectivity index (χ0v) is 26.1. The maximum absolute atomic E-state index is 12.8. The summed E-state index contributed by atoms with van der Waals surface area (Å²) in [5, 5.41) is 8.90. The summed E-state index contributed by atoms with van der Waals surface area (Å²) >= 11 is 0. The molecule has 0 bridgehead atoms. The van der Waals surface area contributed by atoms with Crippen LogP contribution in [0.5, 0.6) is 5.75 Å². The van der Waals surface area contributed by atoms with E-state index in [1.165, 1.54) is 19.8 Å². The lowest BCUT2D eigenvalue weighted by Crippen LogP contribution is -2.40. The highest BCUT2D eigenvalue weighted by Crippen LogP contribution is 2.39. The number of hydrogen-bond acceptors (Lipinski definition) is 8. The molecule has 2 aliphatic heterocycles. The van der Waals surface area contributed by atoms with Gasteiger partial charge in [0, 0.05) is 30.2 Å². The van der Waals surface area contributed by atoms with Gasteiger partial charge in [0.2, 0.25) is 0 Å². The van der Waals surface area contributed by atoms with E-state index in [1.54, 1.807) is 45.2 Å². The third kappa shape index (κ3) is 8.09. The molecule has 3 N–H and O–H groups in total. The molecule has 1 fully saturated rings. The van der Waals surface area contributed by atoms with Gasteiger partial charge >= 0.3 is 18.0 Å². The number of allylic oxidation sites excluding steroid dienone is 2. The number of carbonyl (C=O) groups is 3. The smallest absolute Gasteiger partial charge is 0.336 e. The molecule has 0 aliphatic carbocycles. The molecule has 1 saturated heterocycles. The number of nitrogens with zero attached hydrogens (tertiary/aromatic N) is 1. The van der Waals surface area contributed by atoms with E-state index in [0.29, 0.717) is 46.3 Å². The molecule has 0 unspecified atom stereocenters. The second kappa shape index (κ2) is 15.5. The predicted molar refractivity (Wildman–Crippen MR) is 167 cm³/mol. The zero-order valence-electron chi connectivity index (χ0n) is 25.3. The number of urea groups is 1. The largest absolute Gasteiger partial charge is 0.497 e. The minimum atomic E-state index is -0.726. The Morgan fingerprint density at radius 2 is 1.49 bits per heavy atom. The summed E-state index contributed by atoms with van der Waals surface area (Å²) in [5.74, 6) is -0.435. The number of dihydropyridines is 1. The fourth-order valence-corrected chi connectivity index (χ4v) is 5.77. The fraction of sp³-hybridized carbons (Fsp3) is 0.406. The van der Waals surface area contributed by atoms with Crippen molar-refractivity contribution in [2.75, 3.05) is 52.8 Å². The van der Waals surface area contributed by atoms with Crippen LogP contribution in [0.3, 0.4) is 0 Å². The average molecular weight is 613 g/mol. The highest BCUT2D eigenvalue weighted by Gasteiger charge is 2.37. The Morgan fingerprint density at radius 3 is 2.09 bits per heavy atom. The molecule has 232 valence electrons. The van der Waals surface area contributed by atoms with Crippen LogP contribution in [-0.4, -0.2) is 70.4 Å². The Bertz CT molecular complexity index is 1350. The third-order valence-electron chi connectivity index (χ3n) is 7.92. The van der Waals surface area contributed by atoms with E-state index in [1.807, 2.05) is 12.1 Å². The van der Waals surface area contributed by atoms with Crippen LogP contribution in [0, 0.1) is 0 Å². The minimum Gasteiger partial charge on any atom is -0.497 e. The summed E-state index contributed by atoms with van der Waals surface area (Å²) in [5.41, 5.74) is 4.27. The normalized spacial score (nSPS) is 16.1. The van der Waals surface area contributed by atoms with Crippen LogP contribution in [0.25, 0.3) is 0 Å². The van der Waals surface area contributed by atoms with Gasteiger partial charge < -0.3 is 35.1 Å². The van der Waals surface area contributed by atoms with Gasteiger partial charge in [-0.25, -0.2) is 14.4 Å². The van der Waals surface area contributed by atoms with Gasteiger partial charge in [0.25, 0.3) is 0 Å². The van der Waals surface area contributed by atoms with Crippen molar-refractivity contribution in [2.45, 2.75) is 38.5 Å². The van der Waals surface area contributed by atoms with Gasteiger partial charge in [0.05, 0.1) is 38.4 Å². The van der Waals surface area contributed by atoms with Crippen molar-refractivity contribution in [3.05, 3.63) is 82.2 Å². The lowest BCUT2D eigenvalue weighted by molar-refractivity contribution is -0.137. The van der Waals surface area contributed by atoms with Crippen LogP contribution in [-0.2, 0) is 19.1 Å². The number of carbonyl (C=O) groups excluding carboxylic acids is 3. The first-order valence-corrected chi connectivity index (χ1v) is 14.1. The van der Waals surface area contributed by atoms with Crippen LogP contribution < -0.4 is 20.7 Å². The van der Waals surface area contributed by atoms with E-state index >= 15 is 0 Å². The zero-order chi connectivity index (χ0) is 30.2. The number of rotatable bonds is 9. The molecular formula is C32H41ClN4O6. The van der Waals surface area contributed by atoms with Gasteiger partial charge in [-0.2, -0.15) is 0 Å². The Hall–Kier alpha value is -4.02. The van der Waals surface area contributed by atoms with Crippen molar-refractivity contribution < 1.29 is 28.6 Å². The molecule has 0 saturated carbocycles. The molecule has 0 atom stereocenters. The van der Waals surface area contributed by atoms with Gasteiger partial charge in [-0.15, -0.1) is 12.4 Å². The molecule has 10 nitrogen and oxygen atoms in total. The van der Waals surface area contributed by atoms with Gasteiger partial charge in [-0.1, -0.05) is 24.3 Å². The first kappa shape index (κ1) is 33.5. The predicted octanol–water partition coefficient (Wildman–Crippen LogP) is 4.70. The second-order valence-electron chi connectivity index (χ2n) is 10.5. The van der Waals surface area contributed by atoms with Crippen molar-refractivity contribution in [1.82, 2.24) is 15.5 Å². The van der Waals surface area contributed by atoms with Gasteiger partial charge in [-0.3, -0.25) is 0 Å². The van der Waals surface area contributed by atoms with Crippen molar-refractivity contribution >= 4 is 36.1 Å². The first-order chi connectivity index (χ1) is 20.2. The second-order valence-corrected chi connectivity index (χ2v) is 10.5. The van der Waals surface area contributed by atoms with E-state index in [0.717, 1.165) is 38.2 Å². The number of esters is 2. The Balaban J connectivity index is 0.00000506. The minimum absolute atomic E-state index is 0. The quantitative estimate of drug-likeness (QED) is 0.349. The number of hydrogen-bond donors (Lipinski definition) is 3. The first-order valence-electron chi connectivity index (χ1n) is 14.1. The van der Waals surface area contributed by atoms with E-state index < -0.39 is 17.9 Å². The summed E-state index contributed by atoms with van der Waals surface area (Å²) in [6.45, 7) is 6.71. The number of methoxy groups -OCH3 is 3. The summed E-state index contributed by atoms with van der Waals surface area (Å²) in [7, 11) is 4.29. The number of ether oxygens (including phenoxy) is 3.